The summed E-state index contributed by atoms with van der Waals surface area (Å²) in [6, 6.07) is 12.2. The first-order chi connectivity index (χ1) is 12.0. The first-order valence-corrected chi connectivity index (χ1v) is 8.57. The number of aromatic nitrogens is 1. The van der Waals surface area contributed by atoms with Crippen molar-refractivity contribution >= 4 is 16.8 Å². The normalized spacial score (nSPS) is 10.8. The number of hydrogen-bond donors (Lipinski definition) is 2. The van der Waals surface area contributed by atoms with Gasteiger partial charge >= 0.3 is 0 Å². The Morgan fingerprint density at radius 2 is 1.84 bits per heavy atom. The van der Waals surface area contributed by atoms with E-state index >= 15 is 0 Å². The SMILES string of the molecule is Cc1cc(C)c(OCCNC(=O)Cc2c[nH]c3ccccc23)cc1C. The molecule has 0 spiro atoms. The molecule has 2 aromatic carbocycles. The van der Waals surface area contributed by atoms with E-state index in [4.69, 9.17) is 4.74 Å². The van der Waals surface area contributed by atoms with Gasteiger partial charge in [-0.1, -0.05) is 24.3 Å². The largest absolute Gasteiger partial charge is 0.491 e. The molecule has 0 aliphatic carbocycles. The zero-order chi connectivity index (χ0) is 17.8. The topological polar surface area (TPSA) is 54.1 Å². The highest BCUT2D eigenvalue weighted by Gasteiger charge is 2.08. The number of aromatic amines is 1. The molecule has 0 bridgehead atoms. The molecule has 0 aliphatic heterocycles. The molecular weight excluding hydrogens is 312 g/mol. The summed E-state index contributed by atoms with van der Waals surface area (Å²) in [5.41, 5.74) is 5.66. The second-order valence-electron chi connectivity index (χ2n) is 6.44. The number of fused-ring (bicyclic) bond motifs is 1. The molecule has 1 aromatic heterocycles. The molecule has 0 fully saturated rings. The van der Waals surface area contributed by atoms with Gasteiger partial charge in [-0.3, -0.25) is 4.79 Å². The number of aryl methyl sites for hydroxylation is 3. The van der Waals surface area contributed by atoms with Gasteiger partial charge in [0.15, 0.2) is 0 Å². The predicted octanol–water partition coefficient (Wildman–Crippen LogP) is 3.83. The molecule has 3 aromatic rings. The highest BCUT2D eigenvalue weighted by atomic mass is 16.5. The summed E-state index contributed by atoms with van der Waals surface area (Å²) in [6.45, 7) is 7.16. The van der Waals surface area contributed by atoms with Crippen LogP contribution in [0.1, 0.15) is 22.3 Å². The molecule has 25 heavy (non-hydrogen) atoms. The Bertz CT molecular complexity index is 896. The van der Waals surface area contributed by atoms with Gasteiger partial charge in [0, 0.05) is 17.1 Å². The fraction of sp³-hybridized carbons (Fsp3) is 0.286. The Kier molecular flexibility index (Phi) is 5.08. The maximum Gasteiger partial charge on any atom is 0.224 e. The third-order valence-corrected chi connectivity index (χ3v) is 4.50. The molecule has 4 nitrogen and oxygen atoms in total. The van der Waals surface area contributed by atoms with E-state index in [1.165, 1.54) is 11.1 Å². The van der Waals surface area contributed by atoms with E-state index in [-0.39, 0.29) is 5.91 Å². The molecule has 0 atom stereocenters. The number of benzene rings is 2. The van der Waals surface area contributed by atoms with Crippen LogP contribution in [0.5, 0.6) is 5.75 Å². The van der Waals surface area contributed by atoms with Gasteiger partial charge in [0.2, 0.25) is 5.91 Å². The van der Waals surface area contributed by atoms with E-state index in [0.29, 0.717) is 19.6 Å². The molecule has 2 N–H and O–H groups in total. The minimum Gasteiger partial charge on any atom is -0.491 e. The van der Waals surface area contributed by atoms with Crippen molar-refractivity contribution in [3.8, 4) is 5.75 Å². The summed E-state index contributed by atoms with van der Waals surface area (Å²) in [4.78, 5) is 15.3. The number of ether oxygens (including phenoxy) is 1. The number of nitrogens with one attached hydrogen (secondary N) is 2. The van der Waals surface area contributed by atoms with Gasteiger partial charge in [-0.25, -0.2) is 0 Å². The van der Waals surface area contributed by atoms with E-state index in [0.717, 1.165) is 27.8 Å². The van der Waals surface area contributed by atoms with Crippen LogP contribution in [-0.4, -0.2) is 24.0 Å². The third-order valence-electron chi connectivity index (χ3n) is 4.50. The van der Waals surface area contributed by atoms with Crippen molar-refractivity contribution in [2.75, 3.05) is 13.2 Å². The number of carbonyl (C=O) groups is 1. The van der Waals surface area contributed by atoms with Crippen LogP contribution in [0.2, 0.25) is 0 Å². The zero-order valence-corrected chi connectivity index (χ0v) is 15.0. The Hall–Kier alpha value is -2.75. The number of rotatable bonds is 6. The first-order valence-electron chi connectivity index (χ1n) is 8.57. The second kappa shape index (κ2) is 7.43. The van der Waals surface area contributed by atoms with Crippen molar-refractivity contribution in [3.05, 3.63) is 64.8 Å². The van der Waals surface area contributed by atoms with Crippen LogP contribution in [-0.2, 0) is 11.2 Å². The molecular formula is C21H24N2O2. The van der Waals surface area contributed by atoms with Gasteiger partial charge in [0.25, 0.3) is 0 Å². The van der Waals surface area contributed by atoms with E-state index in [9.17, 15) is 4.79 Å². The maximum atomic E-state index is 12.2. The van der Waals surface area contributed by atoms with Crippen molar-refractivity contribution in [1.82, 2.24) is 10.3 Å². The molecule has 0 saturated carbocycles. The van der Waals surface area contributed by atoms with Gasteiger partial charge < -0.3 is 15.0 Å². The molecule has 0 unspecified atom stereocenters. The van der Waals surface area contributed by atoms with Crippen molar-refractivity contribution in [3.63, 3.8) is 0 Å². The highest BCUT2D eigenvalue weighted by molar-refractivity contribution is 5.88. The average molecular weight is 336 g/mol. The molecule has 130 valence electrons. The van der Waals surface area contributed by atoms with E-state index < -0.39 is 0 Å². The minimum absolute atomic E-state index is 0.00478. The summed E-state index contributed by atoms with van der Waals surface area (Å²) in [7, 11) is 0. The lowest BCUT2D eigenvalue weighted by Gasteiger charge is -2.12. The summed E-state index contributed by atoms with van der Waals surface area (Å²) >= 11 is 0. The molecule has 3 rings (SSSR count). The molecule has 1 amide bonds. The van der Waals surface area contributed by atoms with Crippen LogP contribution in [0.15, 0.2) is 42.6 Å². The lowest BCUT2D eigenvalue weighted by atomic mass is 10.1. The van der Waals surface area contributed by atoms with E-state index in [2.05, 4.69) is 36.3 Å². The summed E-state index contributed by atoms with van der Waals surface area (Å²) in [6.07, 6.45) is 2.27. The van der Waals surface area contributed by atoms with Crippen LogP contribution >= 0.6 is 0 Å². The van der Waals surface area contributed by atoms with Gasteiger partial charge in [-0.15, -0.1) is 0 Å². The lowest BCUT2D eigenvalue weighted by molar-refractivity contribution is -0.120. The van der Waals surface area contributed by atoms with E-state index in [1.807, 2.05) is 37.4 Å². The number of H-pyrrole nitrogens is 1. The third kappa shape index (κ3) is 4.02. The monoisotopic (exact) mass is 336 g/mol. The predicted molar refractivity (Wildman–Crippen MR) is 101 cm³/mol. The van der Waals surface area contributed by atoms with Crippen LogP contribution in [0.4, 0.5) is 0 Å². The number of amides is 1. The Balaban J connectivity index is 1.49. The second-order valence-corrected chi connectivity index (χ2v) is 6.44. The lowest BCUT2D eigenvalue weighted by Crippen LogP contribution is -2.29. The van der Waals surface area contributed by atoms with Crippen molar-refractivity contribution < 1.29 is 9.53 Å². The van der Waals surface area contributed by atoms with Gasteiger partial charge in [0.1, 0.15) is 12.4 Å². The fourth-order valence-electron chi connectivity index (χ4n) is 2.95. The summed E-state index contributed by atoms with van der Waals surface area (Å²) < 4.78 is 5.81. The summed E-state index contributed by atoms with van der Waals surface area (Å²) in [5, 5.41) is 4.02. The molecule has 1 heterocycles. The van der Waals surface area contributed by atoms with Crippen LogP contribution in [0, 0.1) is 20.8 Å². The van der Waals surface area contributed by atoms with Crippen LogP contribution < -0.4 is 10.1 Å². The molecule has 4 heteroatoms. The van der Waals surface area contributed by atoms with Gasteiger partial charge in [0.05, 0.1) is 13.0 Å². The minimum atomic E-state index is 0.00478. The van der Waals surface area contributed by atoms with Gasteiger partial charge in [-0.05, 0) is 55.2 Å². The van der Waals surface area contributed by atoms with Crippen molar-refractivity contribution in [2.45, 2.75) is 27.2 Å². The maximum absolute atomic E-state index is 12.2. The summed E-state index contributed by atoms with van der Waals surface area (Å²) in [5.74, 6) is 0.888. The average Bonchev–Trinajstić information content (AvgIpc) is 2.99. The molecule has 0 radical (unpaired) electrons. The number of para-hydroxylation sites is 1. The quantitative estimate of drug-likeness (QED) is 0.672. The molecule has 0 saturated heterocycles. The van der Waals surface area contributed by atoms with Crippen molar-refractivity contribution in [1.29, 1.82) is 0 Å². The Labute approximate surface area is 148 Å². The molecule has 0 aliphatic rings. The standard InChI is InChI=1S/C21H24N2O2/c1-14-10-16(3)20(11-15(14)2)25-9-8-22-21(24)12-17-13-23-19-7-5-4-6-18(17)19/h4-7,10-11,13,23H,8-9,12H2,1-3H3,(H,22,24). The first kappa shape index (κ1) is 17.1. The zero-order valence-electron chi connectivity index (χ0n) is 15.0. The number of hydrogen-bond acceptors (Lipinski definition) is 2. The smallest absolute Gasteiger partial charge is 0.224 e. The fourth-order valence-corrected chi connectivity index (χ4v) is 2.95. The Morgan fingerprint density at radius 1 is 1.08 bits per heavy atom. The highest BCUT2D eigenvalue weighted by Crippen LogP contribution is 2.22. The van der Waals surface area contributed by atoms with Gasteiger partial charge in [-0.2, -0.15) is 0 Å². The van der Waals surface area contributed by atoms with Crippen LogP contribution in [0.25, 0.3) is 10.9 Å². The van der Waals surface area contributed by atoms with Crippen molar-refractivity contribution in [2.24, 2.45) is 0 Å². The number of carbonyl (C=O) groups excluding carboxylic acids is 1. The van der Waals surface area contributed by atoms with E-state index in [1.54, 1.807) is 0 Å². The Morgan fingerprint density at radius 3 is 2.68 bits per heavy atom. The van der Waals surface area contributed by atoms with Crippen LogP contribution in [0.3, 0.4) is 0 Å².